The summed E-state index contributed by atoms with van der Waals surface area (Å²) >= 11 is 0. The molecule has 0 atom stereocenters. The molecule has 4 aromatic rings. The van der Waals surface area contributed by atoms with Gasteiger partial charge < -0.3 is 24.6 Å². The van der Waals surface area contributed by atoms with E-state index in [1.807, 2.05) is 37.4 Å². The second kappa shape index (κ2) is 10.4. The highest BCUT2D eigenvalue weighted by Crippen LogP contribution is 2.39. The van der Waals surface area contributed by atoms with Gasteiger partial charge in [-0.3, -0.25) is 4.98 Å². The Balaban J connectivity index is 1.50. The van der Waals surface area contributed by atoms with Crippen molar-refractivity contribution in [1.29, 1.82) is 0 Å². The van der Waals surface area contributed by atoms with Gasteiger partial charge >= 0.3 is 0 Å². The van der Waals surface area contributed by atoms with Crippen molar-refractivity contribution >= 4 is 33.8 Å². The Bertz CT molecular complexity index is 1490. The average Bonchev–Trinajstić information content (AvgIpc) is 2.95. The maximum Gasteiger partial charge on any atom is 0.152 e. The van der Waals surface area contributed by atoms with Gasteiger partial charge in [-0.1, -0.05) is 12.1 Å². The van der Waals surface area contributed by atoms with Gasteiger partial charge in [-0.05, 0) is 51.1 Å². The van der Waals surface area contributed by atoms with E-state index in [2.05, 4.69) is 40.0 Å². The Morgan fingerprint density at radius 3 is 2.56 bits per heavy atom. The highest BCUT2D eigenvalue weighted by Gasteiger charge is 2.29. The number of rotatable bonds is 5. The first kappa shape index (κ1) is 25.5. The van der Waals surface area contributed by atoms with Crippen LogP contribution in [0.3, 0.4) is 0 Å². The first-order chi connectivity index (χ1) is 18.9. The monoisotopic (exact) mass is 528 g/mol. The van der Waals surface area contributed by atoms with Gasteiger partial charge in [0, 0.05) is 37.9 Å². The van der Waals surface area contributed by atoms with Crippen LogP contribution >= 0.6 is 0 Å². The van der Waals surface area contributed by atoms with Gasteiger partial charge in [0.15, 0.2) is 5.82 Å². The number of nitrogens with one attached hydrogen (secondary N) is 1. The number of hydrogen-bond acceptors (Lipinski definition) is 8. The number of hydrogen-bond donors (Lipinski definition) is 1. The number of halogens is 1. The van der Waals surface area contributed by atoms with Crippen molar-refractivity contribution in [2.75, 3.05) is 61.1 Å². The highest BCUT2D eigenvalue weighted by atomic mass is 19.1. The fraction of sp³-hybridized carbons (Fsp3) is 0.367. The van der Waals surface area contributed by atoms with Crippen molar-refractivity contribution < 1.29 is 13.9 Å². The topological polar surface area (TPSA) is 75.6 Å². The van der Waals surface area contributed by atoms with Gasteiger partial charge in [-0.2, -0.15) is 0 Å². The molecule has 0 amide bonds. The summed E-state index contributed by atoms with van der Waals surface area (Å²) in [6.45, 7) is 11.1. The summed E-state index contributed by atoms with van der Waals surface area (Å²) in [7, 11) is 0. The third-order valence-corrected chi connectivity index (χ3v) is 7.32. The standard InChI is InChI=1S/C30H33FN6O2/c1-20-27(24-8-4-5-10-32-24)34-23-9-6-7-22(31)26(23)28(20)35-25-17-21(37-13-16-39-30(2,3)19-37)18-33-29(25)36-11-14-38-15-12-36/h4-10,17-18H,11-16,19H2,1-3H3,(H,34,35). The van der Waals surface area contributed by atoms with Crippen LogP contribution in [-0.4, -0.2) is 66.6 Å². The van der Waals surface area contributed by atoms with E-state index < -0.39 is 0 Å². The number of ether oxygens (including phenoxy) is 2. The zero-order valence-corrected chi connectivity index (χ0v) is 22.6. The molecule has 0 bridgehead atoms. The zero-order valence-electron chi connectivity index (χ0n) is 22.6. The van der Waals surface area contributed by atoms with Crippen LogP contribution in [-0.2, 0) is 9.47 Å². The summed E-state index contributed by atoms with van der Waals surface area (Å²) < 4.78 is 27.0. The van der Waals surface area contributed by atoms with Crippen LogP contribution in [0, 0.1) is 12.7 Å². The minimum atomic E-state index is -0.329. The Morgan fingerprint density at radius 2 is 1.79 bits per heavy atom. The molecule has 0 unspecified atom stereocenters. The molecule has 2 saturated heterocycles. The first-order valence-corrected chi connectivity index (χ1v) is 13.4. The van der Waals surface area contributed by atoms with E-state index in [9.17, 15) is 0 Å². The largest absolute Gasteiger partial charge is 0.378 e. The zero-order chi connectivity index (χ0) is 27.0. The molecule has 9 heteroatoms. The average molecular weight is 529 g/mol. The molecule has 2 fully saturated rings. The number of fused-ring (bicyclic) bond motifs is 1. The van der Waals surface area contributed by atoms with Crippen molar-refractivity contribution in [3.05, 3.63) is 66.2 Å². The summed E-state index contributed by atoms with van der Waals surface area (Å²) in [5, 5.41) is 4.07. The lowest BCUT2D eigenvalue weighted by Crippen LogP contribution is -2.48. The van der Waals surface area contributed by atoms with Crippen LogP contribution in [0.2, 0.25) is 0 Å². The fourth-order valence-electron chi connectivity index (χ4n) is 5.38. The van der Waals surface area contributed by atoms with Crippen molar-refractivity contribution in [3.8, 4) is 11.4 Å². The molecule has 0 radical (unpaired) electrons. The summed E-state index contributed by atoms with van der Waals surface area (Å²) in [6, 6.07) is 12.8. The highest BCUT2D eigenvalue weighted by molar-refractivity contribution is 5.99. The molecule has 2 aliphatic heterocycles. The normalized spacial score (nSPS) is 17.4. The summed E-state index contributed by atoms with van der Waals surface area (Å²) in [6.07, 6.45) is 3.67. The smallest absolute Gasteiger partial charge is 0.152 e. The van der Waals surface area contributed by atoms with E-state index in [0.717, 1.165) is 54.6 Å². The van der Waals surface area contributed by atoms with Crippen molar-refractivity contribution in [3.63, 3.8) is 0 Å². The molecule has 2 aliphatic rings. The van der Waals surface area contributed by atoms with Crippen LogP contribution < -0.4 is 15.1 Å². The Hall–Kier alpha value is -3.82. The Labute approximate surface area is 227 Å². The number of morpholine rings is 2. The molecule has 3 aromatic heterocycles. The van der Waals surface area contributed by atoms with Gasteiger partial charge in [0.25, 0.3) is 0 Å². The van der Waals surface area contributed by atoms with Crippen molar-refractivity contribution in [2.24, 2.45) is 0 Å². The lowest BCUT2D eigenvalue weighted by molar-refractivity contribution is -0.0277. The predicted molar refractivity (Wildman–Crippen MR) is 152 cm³/mol. The van der Waals surface area contributed by atoms with E-state index in [1.165, 1.54) is 6.07 Å². The predicted octanol–water partition coefficient (Wildman–Crippen LogP) is 5.33. The molecule has 39 heavy (non-hydrogen) atoms. The van der Waals surface area contributed by atoms with Gasteiger partial charge in [-0.25, -0.2) is 14.4 Å². The maximum absolute atomic E-state index is 15.4. The molecule has 202 valence electrons. The Kier molecular flexibility index (Phi) is 6.78. The molecule has 0 saturated carbocycles. The molecular weight excluding hydrogens is 495 g/mol. The maximum atomic E-state index is 15.4. The van der Waals surface area contributed by atoms with E-state index in [1.54, 1.807) is 12.3 Å². The second-order valence-corrected chi connectivity index (χ2v) is 10.6. The van der Waals surface area contributed by atoms with Crippen LogP contribution in [0.1, 0.15) is 19.4 Å². The minimum Gasteiger partial charge on any atom is -0.378 e. The van der Waals surface area contributed by atoms with Gasteiger partial charge in [0.1, 0.15) is 5.82 Å². The van der Waals surface area contributed by atoms with E-state index in [-0.39, 0.29) is 11.4 Å². The SMILES string of the molecule is Cc1c(-c2ccccn2)nc2cccc(F)c2c1Nc1cc(N2CCOC(C)(C)C2)cnc1N1CCOCC1. The molecule has 0 aliphatic carbocycles. The van der Waals surface area contributed by atoms with Crippen LogP contribution in [0.25, 0.3) is 22.3 Å². The van der Waals surface area contributed by atoms with E-state index in [0.29, 0.717) is 42.1 Å². The van der Waals surface area contributed by atoms with Crippen LogP contribution in [0.5, 0.6) is 0 Å². The molecule has 5 heterocycles. The fourth-order valence-corrected chi connectivity index (χ4v) is 5.38. The Morgan fingerprint density at radius 1 is 0.974 bits per heavy atom. The third kappa shape index (κ3) is 5.12. The molecule has 1 aromatic carbocycles. The molecule has 1 N–H and O–H groups in total. The van der Waals surface area contributed by atoms with Gasteiger partial charge in [0.2, 0.25) is 0 Å². The quantitative estimate of drug-likeness (QED) is 0.372. The van der Waals surface area contributed by atoms with Gasteiger partial charge in [0.05, 0.1) is 71.0 Å². The number of benzene rings is 1. The van der Waals surface area contributed by atoms with Gasteiger partial charge in [-0.15, -0.1) is 0 Å². The summed E-state index contributed by atoms with van der Waals surface area (Å²) in [5.74, 6) is 0.486. The number of aromatic nitrogens is 3. The number of nitrogens with zero attached hydrogens (tertiary/aromatic N) is 5. The van der Waals surface area contributed by atoms with Crippen LogP contribution in [0.15, 0.2) is 54.9 Å². The second-order valence-electron chi connectivity index (χ2n) is 10.6. The van der Waals surface area contributed by atoms with Crippen molar-refractivity contribution in [1.82, 2.24) is 15.0 Å². The van der Waals surface area contributed by atoms with Crippen LogP contribution in [0.4, 0.5) is 27.3 Å². The molecule has 6 rings (SSSR count). The lowest BCUT2D eigenvalue weighted by Gasteiger charge is -2.39. The summed E-state index contributed by atoms with van der Waals surface area (Å²) in [4.78, 5) is 18.8. The van der Waals surface area contributed by atoms with Crippen molar-refractivity contribution in [2.45, 2.75) is 26.4 Å². The molecule has 0 spiro atoms. The summed E-state index contributed by atoms with van der Waals surface area (Å²) in [5.41, 5.74) is 5.04. The third-order valence-electron chi connectivity index (χ3n) is 7.32. The number of anilines is 4. The van der Waals surface area contributed by atoms with E-state index in [4.69, 9.17) is 19.4 Å². The lowest BCUT2D eigenvalue weighted by atomic mass is 10.0. The molecular formula is C30H33FN6O2. The van der Waals surface area contributed by atoms with E-state index >= 15 is 4.39 Å². The minimum absolute atomic E-state index is 0.257. The number of pyridine rings is 3. The first-order valence-electron chi connectivity index (χ1n) is 13.4. The molecule has 8 nitrogen and oxygen atoms in total.